The minimum Gasteiger partial charge on any atom is -0.378 e. The molecule has 3 N–H and O–H groups in total. The van der Waals surface area contributed by atoms with E-state index in [0.717, 1.165) is 12.8 Å². The molecule has 2 atom stereocenters. The molecular formula is C12H17FN2. The van der Waals surface area contributed by atoms with Gasteiger partial charge in [-0.2, -0.15) is 0 Å². The van der Waals surface area contributed by atoms with Crippen molar-refractivity contribution in [3.8, 4) is 0 Å². The lowest BCUT2D eigenvalue weighted by Crippen LogP contribution is -2.42. The van der Waals surface area contributed by atoms with Gasteiger partial charge in [-0.3, -0.25) is 0 Å². The number of nitrogens with one attached hydrogen (secondary N) is 1. The van der Waals surface area contributed by atoms with Crippen molar-refractivity contribution in [1.29, 1.82) is 0 Å². The van der Waals surface area contributed by atoms with E-state index in [1.807, 2.05) is 6.07 Å². The molecule has 2 nitrogen and oxygen atoms in total. The monoisotopic (exact) mass is 208 g/mol. The van der Waals surface area contributed by atoms with Gasteiger partial charge in [-0.25, -0.2) is 4.39 Å². The molecule has 1 aromatic carbocycles. The Balaban J connectivity index is 2.04. The molecule has 0 heterocycles. The Morgan fingerprint density at radius 3 is 2.67 bits per heavy atom. The smallest absolute Gasteiger partial charge is 0.146 e. The van der Waals surface area contributed by atoms with E-state index in [-0.39, 0.29) is 17.9 Å². The van der Waals surface area contributed by atoms with E-state index in [2.05, 4.69) is 5.32 Å². The Morgan fingerprint density at radius 2 is 1.93 bits per heavy atom. The topological polar surface area (TPSA) is 38.0 Å². The third-order valence-electron chi connectivity index (χ3n) is 3.03. The summed E-state index contributed by atoms with van der Waals surface area (Å²) in [5, 5.41) is 3.20. The van der Waals surface area contributed by atoms with Crippen molar-refractivity contribution >= 4 is 5.69 Å². The van der Waals surface area contributed by atoms with Crippen LogP contribution in [0.4, 0.5) is 10.1 Å². The highest BCUT2D eigenvalue weighted by molar-refractivity contribution is 5.45. The zero-order valence-corrected chi connectivity index (χ0v) is 8.75. The van der Waals surface area contributed by atoms with Crippen LogP contribution >= 0.6 is 0 Å². The van der Waals surface area contributed by atoms with Gasteiger partial charge >= 0.3 is 0 Å². The Labute approximate surface area is 89.7 Å². The van der Waals surface area contributed by atoms with Crippen LogP contribution < -0.4 is 11.1 Å². The van der Waals surface area contributed by atoms with Crippen LogP contribution in [0.25, 0.3) is 0 Å². The average Bonchev–Trinajstić information content (AvgIpc) is 2.24. The van der Waals surface area contributed by atoms with Crippen molar-refractivity contribution < 1.29 is 4.39 Å². The highest BCUT2D eigenvalue weighted by atomic mass is 19.1. The lowest BCUT2D eigenvalue weighted by atomic mass is 9.91. The first-order valence-electron chi connectivity index (χ1n) is 5.54. The fourth-order valence-corrected chi connectivity index (χ4v) is 2.12. The number of nitrogens with two attached hydrogens (primary N) is 1. The van der Waals surface area contributed by atoms with Crippen molar-refractivity contribution in [3.05, 3.63) is 30.1 Å². The van der Waals surface area contributed by atoms with Crippen LogP contribution in [-0.4, -0.2) is 12.1 Å². The van der Waals surface area contributed by atoms with Crippen molar-refractivity contribution in [1.82, 2.24) is 0 Å². The average molecular weight is 208 g/mol. The molecule has 82 valence electrons. The quantitative estimate of drug-likeness (QED) is 0.783. The maximum absolute atomic E-state index is 13.4. The first-order chi connectivity index (χ1) is 7.27. The Bertz CT molecular complexity index is 327. The molecule has 0 radical (unpaired) electrons. The number of halogens is 1. The summed E-state index contributed by atoms with van der Waals surface area (Å²) in [4.78, 5) is 0. The summed E-state index contributed by atoms with van der Waals surface area (Å²) >= 11 is 0. The normalized spacial score (nSPS) is 26.3. The second-order valence-electron chi connectivity index (χ2n) is 4.18. The number of para-hydroxylation sites is 1. The molecule has 0 aliphatic heterocycles. The zero-order chi connectivity index (χ0) is 10.7. The number of benzene rings is 1. The van der Waals surface area contributed by atoms with Crippen molar-refractivity contribution in [2.75, 3.05) is 5.32 Å². The number of rotatable bonds is 2. The molecule has 0 bridgehead atoms. The van der Waals surface area contributed by atoms with Gasteiger partial charge in [0.1, 0.15) is 5.82 Å². The minimum atomic E-state index is -0.199. The Kier molecular flexibility index (Phi) is 3.21. The van der Waals surface area contributed by atoms with Gasteiger partial charge in [-0.1, -0.05) is 25.0 Å². The van der Waals surface area contributed by atoms with E-state index in [4.69, 9.17) is 5.73 Å². The predicted molar refractivity (Wildman–Crippen MR) is 60.3 cm³/mol. The van der Waals surface area contributed by atoms with E-state index < -0.39 is 0 Å². The fraction of sp³-hybridized carbons (Fsp3) is 0.500. The second kappa shape index (κ2) is 4.62. The van der Waals surface area contributed by atoms with Gasteiger partial charge in [-0.05, 0) is 25.0 Å². The van der Waals surface area contributed by atoms with Gasteiger partial charge in [-0.15, -0.1) is 0 Å². The summed E-state index contributed by atoms with van der Waals surface area (Å²) in [5.74, 6) is -0.199. The molecule has 15 heavy (non-hydrogen) atoms. The van der Waals surface area contributed by atoms with Crippen LogP contribution in [0.2, 0.25) is 0 Å². The molecule has 2 rings (SSSR count). The molecule has 3 heteroatoms. The summed E-state index contributed by atoms with van der Waals surface area (Å²) in [5.41, 5.74) is 6.56. The summed E-state index contributed by atoms with van der Waals surface area (Å²) < 4.78 is 13.4. The number of anilines is 1. The summed E-state index contributed by atoms with van der Waals surface area (Å²) in [6.07, 6.45) is 4.44. The van der Waals surface area contributed by atoms with Gasteiger partial charge in [0, 0.05) is 12.1 Å². The lowest BCUT2D eigenvalue weighted by molar-refractivity contribution is 0.403. The van der Waals surface area contributed by atoms with Crippen molar-refractivity contribution in [2.45, 2.75) is 37.8 Å². The third-order valence-corrected chi connectivity index (χ3v) is 3.03. The van der Waals surface area contributed by atoms with Crippen LogP contribution in [0.15, 0.2) is 24.3 Å². The molecular weight excluding hydrogens is 191 g/mol. The van der Waals surface area contributed by atoms with Gasteiger partial charge in [0.15, 0.2) is 0 Å². The highest BCUT2D eigenvalue weighted by Crippen LogP contribution is 2.22. The summed E-state index contributed by atoms with van der Waals surface area (Å²) in [7, 11) is 0. The van der Waals surface area contributed by atoms with Crippen LogP contribution in [0.5, 0.6) is 0 Å². The molecule has 1 aromatic rings. The maximum atomic E-state index is 13.4. The largest absolute Gasteiger partial charge is 0.378 e. The molecule has 0 spiro atoms. The molecule has 2 unspecified atom stereocenters. The zero-order valence-electron chi connectivity index (χ0n) is 8.75. The van der Waals surface area contributed by atoms with Gasteiger partial charge < -0.3 is 11.1 Å². The van der Waals surface area contributed by atoms with Crippen LogP contribution in [0.1, 0.15) is 25.7 Å². The molecule has 0 amide bonds. The number of hydrogen-bond donors (Lipinski definition) is 2. The predicted octanol–water partition coefficient (Wildman–Crippen LogP) is 2.51. The molecule has 1 saturated carbocycles. The Morgan fingerprint density at radius 1 is 1.20 bits per heavy atom. The first kappa shape index (κ1) is 10.4. The van der Waals surface area contributed by atoms with Gasteiger partial charge in [0.25, 0.3) is 0 Å². The van der Waals surface area contributed by atoms with Crippen LogP contribution in [0.3, 0.4) is 0 Å². The standard InChI is InChI=1S/C12H17FN2/c13-9-5-1-3-7-11(9)15-12-8-4-2-6-10(12)14/h1,3,5,7,10,12,15H,2,4,6,8,14H2. The first-order valence-corrected chi connectivity index (χ1v) is 5.54. The van der Waals surface area contributed by atoms with Crippen LogP contribution in [-0.2, 0) is 0 Å². The van der Waals surface area contributed by atoms with E-state index in [1.165, 1.54) is 18.9 Å². The SMILES string of the molecule is NC1CCCCC1Nc1ccccc1F. The van der Waals surface area contributed by atoms with Crippen molar-refractivity contribution in [2.24, 2.45) is 5.73 Å². The summed E-state index contributed by atoms with van der Waals surface area (Å²) in [6.45, 7) is 0. The molecule has 0 saturated heterocycles. The third kappa shape index (κ3) is 2.48. The van der Waals surface area contributed by atoms with Gasteiger partial charge in [0.05, 0.1) is 5.69 Å². The van der Waals surface area contributed by atoms with E-state index in [1.54, 1.807) is 12.1 Å². The second-order valence-corrected chi connectivity index (χ2v) is 4.18. The van der Waals surface area contributed by atoms with E-state index in [0.29, 0.717) is 5.69 Å². The fourth-order valence-electron chi connectivity index (χ4n) is 2.12. The van der Waals surface area contributed by atoms with Crippen molar-refractivity contribution in [3.63, 3.8) is 0 Å². The molecule has 0 aromatic heterocycles. The van der Waals surface area contributed by atoms with Gasteiger partial charge in [0.2, 0.25) is 0 Å². The molecule has 1 fully saturated rings. The molecule has 1 aliphatic carbocycles. The van der Waals surface area contributed by atoms with E-state index >= 15 is 0 Å². The van der Waals surface area contributed by atoms with Crippen LogP contribution in [0, 0.1) is 5.82 Å². The lowest BCUT2D eigenvalue weighted by Gasteiger charge is -2.30. The number of hydrogen-bond acceptors (Lipinski definition) is 2. The minimum absolute atomic E-state index is 0.151. The molecule has 1 aliphatic rings. The van der Waals surface area contributed by atoms with E-state index in [9.17, 15) is 4.39 Å². The Hall–Kier alpha value is -1.09. The summed E-state index contributed by atoms with van der Waals surface area (Å²) in [6, 6.07) is 7.13. The highest BCUT2D eigenvalue weighted by Gasteiger charge is 2.21. The maximum Gasteiger partial charge on any atom is 0.146 e.